The molecule has 0 radical (unpaired) electrons. The molecule has 1 amide bonds. The van der Waals surface area contributed by atoms with Gasteiger partial charge < -0.3 is 14.8 Å². The van der Waals surface area contributed by atoms with Crippen LogP contribution in [0.15, 0.2) is 42.5 Å². The Kier molecular flexibility index (Phi) is 6.26. The first-order valence-corrected chi connectivity index (χ1v) is 9.10. The molecule has 0 bridgehead atoms. The molecule has 1 aromatic heterocycles. The van der Waals surface area contributed by atoms with E-state index >= 15 is 0 Å². The number of aromatic nitrogens is 3. The molecule has 0 fully saturated rings. The summed E-state index contributed by atoms with van der Waals surface area (Å²) in [6.07, 6.45) is 0.532. The molecule has 3 aromatic rings. The first-order chi connectivity index (χ1) is 14.4. The second-order valence-electron chi connectivity index (χ2n) is 6.40. The molecule has 0 aliphatic heterocycles. The van der Waals surface area contributed by atoms with Crippen LogP contribution < -0.4 is 14.8 Å². The number of benzene rings is 2. The lowest BCUT2D eigenvalue weighted by Crippen LogP contribution is -2.27. The first-order valence-electron chi connectivity index (χ1n) is 9.10. The number of non-ortho nitro benzene ring substituents is 1. The van der Waals surface area contributed by atoms with Crippen LogP contribution in [0.5, 0.6) is 11.5 Å². The van der Waals surface area contributed by atoms with Gasteiger partial charge in [-0.15, -0.1) is 5.10 Å². The van der Waals surface area contributed by atoms with Crippen LogP contribution in [0, 0.1) is 17.0 Å². The molecule has 30 heavy (non-hydrogen) atoms. The van der Waals surface area contributed by atoms with Gasteiger partial charge in [-0.1, -0.05) is 11.3 Å². The molecule has 2 aromatic carbocycles. The Morgan fingerprint density at radius 1 is 1.20 bits per heavy atom. The Bertz CT molecular complexity index is 1080. The fourth-order valence-corrected chi connectivity index (χ4v) is 2.99. The highest BCUT2D eigenvalue weighted by Gasteiger charge is 2.18. The maximum absolute atomic E-state index is 12.6. The fraction of sp³-hybridized carbons (Fsp3) is 0.250. The average molecular weight is 411 g/mol. The van der Waals surface area contributed by atoms with E-state index in [-0.39, 0.29) is 17.3 Å². The minimum Gasteiger partial charge on any atom is -0.497 e. The smallest absolute Gasteiger partial charge is 0.273 e. The van der Waals surface area contributed by atoms with Crippen molar-refractivity contribution in [2.75, 3.05) is 20.8 Å². The molecule has 0 aliphatic rings. The summed E-state index contributed by atoms with van der Waals surface area (Å²) in [5, 5.41) is 21.7. The Labute approximate surface area is 172 Å². The van der Waals surface area contributed by atoms with Gasteiger partial charge in [-0.3, -0.25) is 14.9 Å². The average Bonchev–Trinajstić information content (AvgIpc) is 3.15. The van der Waals surface area contributed by atoms with E-state index in [9.17, 15) is 14.9 Å². The van der Waals surface area contributed by atoms with Crippen molar-refractivity contribution in [1.82, 2.24) is 20.3 Å². The van der Waals surface area contributed by atoms with Gasteiger partial charge in [0.05, 0.1) is 30.5 Å². The van der Waals surface area contributed by atoms with Crippen LogP contribution in [0.25, 0.3) is 5.69 Å². The summed E-state index contributed by atoms with van der Waals surface area (Å²) in [5.74, 6) is 1.02. The van der Waals surface area contributed by atoms with Crippen molar-refractivity contribution >= 4 is 11.6 Å². The van der Waals surface area contributed by atoms with Crippen LogP contribution in [-0.4, -0.2) is 46.6 Å². The highest BCUT2D eigenvalue weighted by atomic mass is 16.6. The van der Waals surface area contributed by atoms with E-state index < -0.39 is 4.92 Å². The monoisotopic (exact) mass is 411 g/mol. The van der Waals surface area contributed by atoms with Gasteiger partial charge in [-0.25, -0.2) is 4.68 Å². The molecule has 10 nitrogen and oxygen atoms in total. The van der Waals surface area contributed by atoms with Crippen LogP contribution >= 0.6 is 0 Å². The number of ether oxygens (including phenoxy) is 2. The number of amides is 1. The summed E-state index contributed by atoms with van der Waals surface area (Å²) in [4.78, 5) is 23.1. The molecular weight excluding hydrogens is 390 g/mol. The third-order valence-electron chi connectivity index (χ3n) is 4.56. The number of nitro groups is 1. The summed E-state index contributed by atoms with van der Waals surface area (Å²) in [6.45, 7) is 2.03. The van der Waals surface area contributed by atoms with Crippen molar-refractivity contribution in [2.45, 2.75) is 13.3 Å². The second kappa shape index (κ2) is 9.03. The van der Waals surface area contributed by atoms with Crippen LogP contribution in [0.1, 0.15) is 21.7 Å². The first kappa shape index (κ1) is 20.8. The zero-order valence-electron chi connectivity index (χ0n) is 16.8. The number of rotatable bonds is 8. The minimum atomic E-state index is -0.490. The fourth-order valence-electron chi connectivity index (χ4n) is 2.99. The Morgan fingerprint density at radius 3 is 2.70 bits per heavy atom. The number of carbonyl (C=O) groups excluding carboxylic acids is 1. The summed E-state index contributed by atoms with van der Waals surface area (Å²) in [6, 6.07) is 11.4. The van der Waals surface area contributed by atoms with Crippen molar-refractivity contribution in [3.05, 3.63) is 69.5 Å². The van der Waals surface area contributed by atoms with Crippen LogP contribution in [-0.2, 0) is 6.42 Å². The summed E-state index contributed by atoms with van der Waals surface area (Å²) in [5.41, 5.74) is 1.91. The van der Waals surface area contributed by atoms with Crippen molar-refractivity contribution in [1.29, 1.82) is 0 Å². The van der Waals surface area contributed by atoms with E-state index in [4.69, 9.17) is 9.47 Å². The Balaban J connectivity index is 1.70. The van der Waals surface area contributed by atoms with Crippen LogP contribution in [0.3, 0.4) is 0 Å². The number of carbonyl (C=O) groups is 1. The van der Waals surface area contributed by atoms with Gasteiger partial charge in [0, 0.05) is 18.7 Å². The molecule has 1 N–H and O–H groups in total. The molecule has 1 heterocycles. The van der Waals surface area contributed by atoms with Gasteiger partial charge in [0.25, 0.3) is 11.6 Å². The third-order valence-corrected chi connectivity index (χ3v) is 4.56. The highest BCUT2D eigenvalue weighted by molar-refractivity contribution is 5.93. The van der Waals surface area contributed by atoms with E-state index in [1.165, 1.54) is 16.8 Å². The molecule has 156 valence electrons. The number of methoxy groups -OCH3 is 2. The molecule has 0 spiro atoms. The quantitative estimate of drug-likeness (QED) is 0.446. The zero-order valence-corrected chi connectivity index (χ0v) is 16.8. The lowest BCUT2D eigenvalue weighted by atomic mass is 10.1. The number of hydrogen-bond donors (Lipinski definition) is 1. The van der Waals surface area contributed by atoms with Gasteiger partial charge >= 0.3 is 0 Å². The summed E-state index contributed by atoms with van der Waals surface area (Å²) in [7, 11) is 3.17. The predicted octanol–water partition coefficient (Wildman–Crippen LogP) is 2.47. The van der Waals surface area contributed by atoms with Gasteiger partial charge in [-0.05, 0) is 43.2 Å². The Hall–Kier alpha value is -3.95. The van der Waals surface area contributed by atoms with E-state index in [0.29, 0.717) is 35.8 Å². The topological polar surface area (TPSA) is 121 Å². The van der Waals surface area contributed by atoms with Crippen molar-refractivity contribution in [3.63, 3.8) is 0 Å². The summed E-state index contributed by atoms with van der Waals surface area (Å²) < 4.78 is 12.0. The summed E-state index contributed by atoms with van der Waals surface area (Å²) >= 11 is 0. The molecule has 0 saturated heterocycles. The number of nitrogens with one attached hydrogen (secondary N) is 1. The lowest BCUT2D eigenvalue weighted by Gasteiger charge is -2.11. The number of nitro benzene ring substituents is 1. The molecule has 0 aliphatic carbocycles. The minimum absolute atomic E-state index is 0.0689. The standard InChI is InChI=1S/C20H21N5O5/c1-13-19(22-23-24(13)15-5-4-6-16(12-15)25(27)28)20(26)21-10-9-14-11-17(29-2)7-8-18(14)30-3/h4-8,11-12H,9-10H2,1-3H3,(H,21,26). The lowest BCUT2D eigenvalue weighted by molar-refractivity contribution is -0.384. The molecule has 10 heteroatoms. The van der Waals surface area contributed by atoms with Gasteiger partial charge in [0.2, 0.25) is 0 Å². The SMILES string of the molecule is COc1ccc(OC)c(CCNC(=O)c2nnn(-c3cccc([N+](=O)[O-])c3)c2C)c1. The highest BCUT2D eigenvalue weighted by Crippen LogP contribution is 2.24. The number of hydrogen-bond acceptors (Lipinski definition) is 7. The van der Waals surface area contributed by atoms with Crippen molar-refractivity contribution in [3.8, 4) is 17.2 Å². The molecule has 0 unspecified atom stereocenters. The van der Waals surface area contributed by atoms with Crippen LogP contribution in [0.4, 0.5) is 5.69 Å². The van der Waals surface area contributed by atoms with E-state index in [1.54, 1.807) is 39.3 Å². The number of nitrogens with zero attached hydrogens (tertiary/aromatic N) is 4. The molecular formula is C20H21N5O5. The normalized spacial score (nSPS) is 10.5. The van der Waals surface area contributed by atoms with E-state index in [2.05, 4.69) is 15.6 Å². The van der Waals surface area contributed by atoms with Crippen LogP contribution in [0.2, 0.25) is 0 Å². The predicted molar refractivity (Wildman–Crippen MR) is 108 cm³/mol. The third kappa shape index (κ3) is 4.37. The largest absolute Gasteiger partial charge is 0.497 e. The molecule has 0 atom stereocenters. The van der Waals surface area contributed by atoms with E-state index in [1.807, 2.05) is 12.1 Å². The maximum atomic E-state index is 12.6. The van der Waals surface area contributed by atoms with Crippen molar-refractivity contribution < 1.29 is 19.2 Å². The second-order valence-corrected chi connectivity index (χ2v) is 6.40. The zero-order chi connectivity index (χ0) is 21.7. The van der Waals surface area contributed by atoms with E-state index in [0.717, 1.165) is 5.56 Å². The van der Waals surface area contributed by atoms with Gasteiger partial charge in [0.15, 0.2) is 5.69 Å². The van der Waals surface area contributed by atoms with Gasteiger partial charge in [0.1, 0.15) is 11.5 Å². The Morgan fingerprint density at radius 2 is 2.00 bits per heavy atom. The molecule has 3 rings (SSSR count). The van der Waals surface area contributed by atoms with Crippen molar-refractivity contribution in [2.24, 2.45) is 0 Å². The maximum Gasteiger partial charge on any atom is 0.273 e. The molecule has 0 saturated carbocycles. The van der Waals surface area contributed by atoms with Gasteiger partial charge in [-0.2, -0.15) is 0 Å².